The smallest absolute Gasteiger partial charge is 0.256 e. The summed E-state index contributed by atoms with van der Waals surface area (Å²) in [7, 11) is 1.37. The normalized spacial score (nSPS) is 13.1. The van der Waals surface area contributed by atoms with Gasteiger partial charge in [-0.3, -0.25) is 9.48 Å². The molecule has 23 heavy (non-hydrogen) atoms. The third kappa shape index (κ3) is 3.58. The topological polar surface area (TPSA) is 56.2 Å². The highest BCUT2D eigenvalue weighted by atomic mass is 19.1. The van der Waals surface area contributed by atoms with Crippen molar-refractivity contribution in [2.75, 3.05) is 7.11 Å². The van der Waals surface area contributed by atoms with Crippen molar-refractivity contribution >= 4 is 5.91 Å². The van der Waals surface area contributed by atoms with Crippen molar-refractivity contribution in [3.05, 3.63) is 53.6 Å². The van der Waals surface area contributed by atoms with Gasteiger partial charge in [0.1, 0.15) is 12.4 Å². The van der Waals surface area contributed by atoms with Crippen molar-refractivity contribution in [3.8, 4) is 12.3 Å². The van der Waals surface area contributed by atoms with Gasteiger partial charge in [-0.15, -0.1) is 6.42 Å². The molecule has 5 nitrogen and oxygen atoms in total. The Morgan fingerprint density at radius 1 is 1.52 bits per heavy atom. The van der Waals surface area contributed by atoms with Crippen molar-refractivity contribution in [2.45, 2.75) is 25.6 Å². The van der Waals surface area contributed by atoms with E-state index < -0.39 is 17.3 Å². The maximum absolute atomic E-state index is 14.0. The Morgan fingerprint density at radius 2 is 2.26 bits per heavy atom. The van der Waals surface area contributed by atoms with E-state index in [0.717, 1.165) is 5.56 Å². The van der Waals surface area contributed by atoms with Gasteiger partial charge >= 0.3 is 0 Å². The summed E-state index contributed by atoms with van der Waals surface area (Å²) in [5.74, 6) is 1.55. The summed E-state index contributed by atoms with van der Waals surface area (Å²) >= 11 is 0. The number of aromatic nitrogens is 2. The number of halogens is 1. The Labute approximate surface area is 134 Å². The molecule has 6 heteroatoms. The van der Waals surface area contributed by atoms with Crippen LogP contribution in [0.5, 0.6) is 0 Å². The standard InChI is InChI=1S/C17H18FN3O2/c1-4-9-21-12-13(11-20-21)10-19-16(22)17(2,23-3)14-7-5-6-8-15(14)18/h1,5-8,11-12H,9-10H2,2-3H3,(H,19,22)/t17-/m0/s1. The maximum Gasteiger partial charge on any atom is 0.256 e. The summed E-state index contributed by atoms with van der Waals surface area (Å²) in [6.07, 6.45) is 8.57. The van der Waals surface area contributed by atoms with Crippen LogP contribution in [0.25, 0.3) is 0 Å². The highest BCUT2D eigenvalue weighted by Crippen LogP contribution is 2.27. The van der Waals surface area contributed by atoms with Crippen LogP contribution >= 0.6 is 0 Å². The summed E-state index contributed by atoms with van der Waals surface area (Å²) in [6.45, 7) is 2.14. The molecule has 1 N–H and O–H groups in total. The Morgan fingerprint density at radius 3 is 2.91 bits per heavy atom. The molecular formula is C17H18FN3O2. The molecule has 1 atom stereocenters. The monoisotopic (exact) mass is 315 g/mol. The van der Waals surface area contributed by atoms with Crippen LogP contribution < -0.4 is 5.32 Å². The lowest BCUT2D eigenvalue weighted by atomic mass is 9.94. The Bertz CT molecular complexity index is 735. The molecule has 120 valence electrons. The van der Waals surface area contributed by atoms with Crippen LogP contribution in [0, 0.1) is 18.2 Å². The van der Waals surface area contributed by atoms with Gasteiger partial charge in [-0.1, -0.05) is 24.1 Å². The van der Waals surface area contributed by atoms with Crippen molar-refractivity contribution in [1.29, 1.82) is 0 Å². The number of carbonyl (C=O) groups excluding carboxylic acids is 1. The number of carbonyl (C=O) groups is 1. The maximum atomic E-state index is 14.0. The highest BCUT2D eigenvalue weighted by Gasteiger charge is 2.37. The largest absolute Gasteiger partial charge is 0.364 e. The van der Waals surface area contributed by atoms with E-state index in [4.69, 9.17) is 11.2 Å². The first-order valence-electron chi connectivity index (χ1n) is 7.04. The van der Waals surface area contributed by atoms with E-state index in [1.54, 1.807) is 29.2 Å². The number of benzene rings is 1. The number of rotatable bonds is 6. The van der Waals surface area contributed by atoms with Gasteiger partial charge in [-0.25, -0.2) is 4.39 Å². The molecule has 0 radical (unpaired) electrons. The molecule has 2 aromatic rings. The summed E-state index contributed by atoms with van der Waals surface area (Å²) in [4.78, 5) is 12.5. The first-order valence-corrected chi connectivity index (χ1v) is 7.04. The Hall–Kier alpha value is -2.65. The summed E-state index contributed by atoms with van der Waals surface area (Å²) in [5.41, 5.74) is -0.441. The molecular weight excluding hydrogens is 297 g/mol. The van der Waals surface area contributed by atoms with E-state index in [9.17, 15) is 9.18 Å². The first-order chi connectivity index (χ1) is 11.0. The number of amides is 1. The number of nitrogens with one attached hydrogen (secondary N) is 1. The van der Waals surface area contributed by atoms with Crippen LogP contribution in [-0.4, -0.2) is 22.8 Å². The lowest BCUT2D eigenvalue weighted by molar-refractivity contribution is -0.143. The van der Waals surface area contributed by atoms with Crippen LogP contribution in [0.2, 0.25) is 0 Å². The second-order valence-electron chi connectivity index (χ2n) is 5.15. The van der Waals surface area contributed by atoms with Gasteiger partial charge < -0.3 is 10.1 Å². The van der Waals surface area contributed by atoms with E-state index in [1.807, 2.05) is 0 Å². The predicted molar refractivity (Wildman–Crippen MR) is 83.7 cm³/mol. The molecule has 1 heterocycles. The fourth-order valence-electron chi connectivity index (χ4n) is 2.20. The van der Waals surface area contributed by atoms with Gasteiger partial charge in [0.25, 0.3) is 5.91 Å². The number of hydrogen-bond acceptors (Lipinski definition) is 3. The lowest BCUT2D eigenvalue weighted by Crippen LogP contribution is -2.44. The zero-order valence-corrected chi connectivity index (χ0v) is 13.0. The first kappa shape index (κ1) is 16.7. The van der Waals surface area contributed by atoms with Crippen molar-refractivity contribution in [2.24, 2.45) is 0 Å². The number of terminal acetylenes is 1. The minimum Gasteiger partial charge on any atom is -0.364 e. The average Bonchev–Trinajstić information content (AvgIpc) is 3.00. The molecule has 0 saturated carbocycles. The van der Waals surface area contributed by atoms with Crippen molar-refractivity contribution < 1.29 is 13.9 Å². The molecule has 2 rings (SSSR count). The minimum absolute atomic E-state index is 0.183. The lowest BCUT2D eigenvalue weighted by Gasteiger charge is -2.27. The van der Waals surface area contributed by atoms with Gasteiger partial charge in [0, 0.05) is 31.0 Å². The predicted octanol–water partition coefficient (Wildman–Crippen LogP) is 1.83. The van der Waals surface area contributed by atoms with Crippen LogP contribution in [0.3, 0.4) is 0 Å². The highest BCUT2D eigenvalue weighted by molar-refractivity contribution is 5.86. The van der Waals surface area contributed by atoms with Gasteiger partial charge in [0.2, 0.25) is 0 Å². The van der Waals surface area contributed by atoms with Gasteiger partial charge in [-0.2, -0.15) is 5.10 Å². The van der Waals surface area contributed by atoms with Crippen LogP contribution in [0.15, 0.2) is 36.7 Å². The van der Waals surface area contributed by atoms with Gasteiger partial charge in [0.05, 0.1) is 6.20 Å². The summed E-state index contributed by atoms with van der Waals surface area (Å²) in [5, 5.41) is 6.81. The van der Waals surface area contributed by atoms with E-state index in [1.165, 1.54) is 26.2 Å². The molecule has 0 saturated heterocycles. The number of ether oxygens (including phenoxy) is 1. The quantitative estimate of drug-likeness (QED) is 0.828. The third-order valence-electron chi connectivity index (χ3n) is 3.62. The second-order valence-corrected chi connectivity index (χ2v) is 5.15. The molecule has 0 bridgehead atoms. The average molecular weight is 315 g/mol. The molecule has 0 aliphatic carbocycles. The second kappa shape index (κ2) is 7.07. The fourth-order valence-corrected chi connectivity index (χ4v) is 2.20. The van der Waals surface area contributed by atoms with Crippen LogP contribution in [0.1, 0.15) is 18.1 Å². The van der Waals surface area contributed by atoms with E-state index >= 15 is 0 Å². The fraction of sp³-hybridized carbons (Fsp3) is 0.294. The van der Waals surface area contributed by atoms with Gasteiger partial charge in [0.15, 0.2) is 5.60 Å². The number of methoxy groups -OCH3 is 1. The molecule has 1 aromatic heterocycles. The molecule has 0 fully saturated rings. The molecule has 0 spiro atoms. The number of hydrogen-bond donors (Lipinski definition) is 1. The number of nitrogens with zero attached hydrogens (tertiary/aromatic N) is 2. The minimum atomic E-state index is -1.42. The summed E-state index contributed by atoms with van der Waals surface area (Å²) < 4.78 is 20.9. The van der Waals surface area contributed by atoms with Gasteiger partial charge in [-0.05, 0) is 13.0 Å². The van der Waals surface area contributed by atoms with Crippen molar-refractivity contribution in [1.82, 2.24) is 15.1 Å². The summed E-state index contributed by atoms with van der Waals surface area (Å²) in [6, 6.07) is 6.05. The van der Waals surface area contributed by atoms with E-state index in [-0.39, 0.29) is 12.1 Å². The molecule has 1 amide bonds. The zero-order valence-electron chi connectivity index (χ0n) is 13.0. The Balaban J connectivity index is 2.11. The molecule has 0 aliphatic heterocycles. The third-order valence-corrected chi connectivity index (χ3v) is 3.62. The van der Waals surface area contributed by atoms with Crippen molar-refractivity contribution in [3.63, 3.8) is 0 Å². The Kier molecular flexibility index (Phi) is 5.14. The molecule has 0 aliphatic rings. The van der Waals surface area contributed by atoms with E-state index in [2.05, 4.69) is 16.3 Å². The molecule has 0 unspecified atom stereocenters. The zero-order chi connectivity index (χ0) is 16.9. The van der Waals surface area contributed by atoms with Crippen LogP contribution in [0.4, 0.5) is 4.39 Å². The van der Waals surface area contributed by atoms with E-state index in [0.29, 0.717) is 6.54 Å². The molecule has 1 aromatic carbocycles. The SMILES string of the molecule is C#CCn1cc(CNC(=O)[C@@](C)(OC)c2ccccc2F)cn1. The van der Waals surface area contributed by atoms with Crippen LogP contribution in [-0.2, 0) is 28.2 Å².